The van der Waals surface area contributed by atoms with Gasteiger partial charge < -0.3 is 24.7 Å². The number of carbonyl (C=O) groups excluding carboxylic acids is 1. The Bertz CT molecular complexity index is 1010. The van der Waals surface area contributed by atoms with Crippen molar-refractivity contribution in [2.24, 2.45) is 7.05 Å². The second-order valence-electron chi connectivity index (χ2n) is 6.74. The molecule has 146 valence electrons. The van der Waals surface area contributed by atoms with Crippen LogP contribution < -0.4 is 5.11 Å². The Morgan fingerprint density at radius 3 is 2.54 bits per heavy atom. The molecule has 0 fully saturated rings. The summed E-state index contributed by atoms with van der Waals surface area (Å²) in [6.07, 6.45) is 0.400. The van der Waals surface area contributed by atoms with E-state index in [2.05, 4.69) is 0 Å². The molecule has 0 radical (unpaired) electrons. The summed E-state index contributed by atoms with van der Waals surface area (Å²) >= 11 is 0. The summed E-state index contributed by atoms with van der Waals surface area (Å²) < 4.78 is 15.3. The molecule has 3 rings (SSSR count). The standard InChI is InChI=1S/C22H22FNO4/c1-24-19-5-3-2-4-18(19)22(14-6-8-15(23)9-7-14)20(24)11-10-16(25)12-17(26)13-21(27)28/h2-11,16-17,25-26H,12-13H2,1H3,(H,27,28)/p-1/b11-10+/t16-,17-/m1/s1. The molecule has 0 bridgehead atoms. The zero-order chi connectivity index (χ0) is 20.3. The van der Waals surface area contributed by atoms with Gasteiger partial charge in [-0.1, -0.05) is 36.4 Å². The number of nitrogens with zero attached hydrogens (tertiary/aromatic N) is 1. The van der Waals surface area contributed by atoms with Gasteiger partial charge in [-0.15, -0.1) is 0 Å². The van der Waals surface area contributed by atoms with Crippen LogP contribution in [0.15, 0.2) is 54.6 Å². The van der Waals surface area contributed by atoms with Gasteiger partial charge in [-0.2, -0.15) is 0 Å². The van der Waals surface area contributed by atoms with Crippen molar-refractivity contribution in [3.63, 3.8) is 0 Å². The van der Waals surface area contributed by atoms with E-state index in [1.807, 2.05) is 35.9 Å². The molecule has 28 heavy (non-hydrogen) atoms. The van der Waals surface area contributed by atoms with Crippen LogP contribution in [0.25, 0.3) is 28.1 Å². The van der Waals surface area contributed by atoms with Crippen LogP contribution in [0.5, 0.6) is 0 Å². The summed E-state index contributed by atoms with van der Waals surface area (Å²) in [5.41, 5.74) is 3.52. The number of hydrogen-bond acceptors (Lipinski definition) is 4. The fraction of sp³-hybridized carbons (Fsp3) is 0.227. The number of benzene rings is 2. The normalized spacial score (nSPS) is 13.9. The van der Waals surface area contributed by atoms with Crippen LogP contribution in [0.4, 0.5) is 4.39 Å². The van der Waals surface area contributed by atoms with Gasteiger partial charge in [0.15, 0.2) is 0 Å². The average molecular weight is 382 g/mol. The maximum atomic E-state index is 13.4. The SMILES string of the molecule is Cn1c(/C=C/[C@@H](O)C[C@@H](O)CC(=O)[O-])c(-c2ccc(F)cc2)c2ccccc21. The minimum atomic E-state index is -1.36. The van der Waals surface area contributed by atoms with Crippen molar-refractivity contribution in [3.8, 4) is 11.1 Å². The molecule has 0 aliphatic heterocycles. The molecule has 0 saturated heterocycles. The van der Waals surface area contributed by atoms with E-state index in [-0.39, 0.29) is 12.2 Å². The molecule has 3 aromatic rings. The number of para-hydroxylation sites is 1. The van der Waals surface area contributed by atoms with Crippen molar-refractivity contribution in [1.82, 2.24) is 4.57 Å². The number of fused-ring (bicyclic) bond motifs is 1. The molecular weight excluding hydrogens is 361 g/mol. The molecule has 0 saturated carbocycles. The Hall–Kier alpha value is -2.96. The summed E-state index contributed by atoms with van der Waals surface area (Å²) in [5.74, 6) is -1.69. The van der Waals surface area contributed by atoms with Crippen molar-refractivity contribution in [2.75, 3.05) is 0 Å². The van der Waals surface area contributed by atoms with E-state index in [0.29, 0.717) is 0 Å². The molecule has 1 aromatic heterocycles. The molecule has 0 aliphatic carbocycles. The van der Waals surface area contributed by atoms with E-state index < -0.39 is 24.6 Å². The molecule has 2 atom stereocenters. The highest BCUT2D eigenvalue weighted by Crippen LogP contribution is 2.35. The number of carbonyl (C=O) groups is 1. The maximum Gasteiger partial charge on any atom is 0.123 e. The summed E-state index contributed by atoms with van der Waals surface area (Å²) in [7, 11) is 1.90. The van der Waals surface area contributed by atoms with E-state index in [0.717, 1.165) is 27.7 Å². The number of hydrogen-bond donors (Lipinski definition) is 2. The second kappa shape index (κ2) is 8.37. The topological polar surface area (TPSA) is 85.5 Å². The van der Waals surface area contributed by atoms with Gasteiger partial charge in [0.25, 0.3) is 0 Å². The van der Waals surface area contributed by atoms with Gasteiger partial charge in [-0.05, 0) is 29.8 Å². The van der Waals surface area contributed by atoms with E-state index in [4.69, 9.17) is 0 Å². The lowest BCUT2D eigenvalue weighted by atomic mass is 10.0. The Kier molecular flexibility index (Phi) is 5.92. The highest BCUT2D eigenvalue weighted by atomic mass is 19.1. The summed E-state index contributed by atoms with van der Waals surface area (Å²) in [5, 5.41) is 31.3. The van der Waals surface area contributed by atoms with Crippen molar-refractivity contribution in [2.45, 2.75) is 25.0 Å². The molecule has 1 heterocycles. The van der Waals surface area contributed by atoms with Gasteiger partial charge in [-0.25, -0.2) is 4.39 Å². The van der Waals surface area contributed by atoms with Crippen molar-refractivity contribution < 1.29 is 24.5 Å². The molecule has 0 amide bonds. The molecule has 0 spiro atoms. The molecule has 6 heteroatoms. The fourth-order valence-corrected chi connectivity index (χ4v) is 3.36. The predicted molar refractivity (Wildman–Crippen MR) is 104 cm³/mol. The van der Waals surface area contributed by atoms with E-state index >= 15 is 0 Å². The lowest BCUT2D eigenvalue weighted by Gasteiger charge is -2.13. The minimum absolute atomic E-state index is 0.111. The lowest BCUT2D eigenvalue weighted by Crippen LogP contribution is -2.29. The molecule has 0 unspecified atom stereocenters. The molecular formula is C22H21FNO4-. The first kappa shape index (κ1) is 19.8. The minimum Gasteiger partial charge on any atom is -0.550 e. The first-order valence-electron chi connectivity index (χ1n) is 8.94. The molecule has 2 aromatic carbocycles. The molecule has 2 N–H and O–H groups in total. The number of halogens is 1. The van der Waals surface area contributed by atoms with Crippen LogP contribution in [0.1, 0.15) is 18.5 Å². The van der Waals surface area contributed by atoms with Crippen LogP contribution >= 0.6 is 0 Å². The van der Waals surface area contributed by atoms with Crippen molar-refractivity contribution in [3.05, 3.63) is 66.1 Å². The fourth-order valence-electron chi connectivity index (χ4n) is 3.36. The third kappa shape index (κ3) is 4.30. The van der Waals surface area contributed by atoms with Crippen molar-refractivity contribution >= 4 is 22.9 Å². The van der Waals surface area contributed by atoms with Crippen molar-refractivity contribution in [1.29, 1.82) is 0 Å². The number of aryl methyl sites for hydroxylation is 1. The largest absolute Gasteiger partial charge is 0.550 e. The molecule has 5 nitrogen and oxygen atoms in total. The first-order chi connectivity index (χ1) is 13.4. The van der Waals surface area contributed by atoms with Crippen LogP contribution in [0, 0.1) is 5.82 Å². The Labute approximate surface area is 162 Å². The zero-order valence-electron chi connectivity index (χ0n) is 15.4. The van der Waals surface area contributed by atoms with E-state index in [1.165, 1.54) is 18.2 Å². The van der Waals surface area contributed by atoms with Gasteiger partial charge in [0.1, 0.15) is 5.82 Å². The summed E-state index contributed by atoms with van der Waals surface area (Å²) in [6, 6.07) is 14.0. The third-order valence-electron chi connectivity index (χ3n) is 4.68. The van der Waals surface area contributed by atoms with Crippen LogP contribution in [0.2, 0.25) is 0 Å². The number of rotatable bonds is 7. The highest BCUT2D eigenvalue weighted by molar-refractivity contribution is 6.00. The number of aliphatic hydroxyl groups excluding tert-OH is 2. The average Bonchev–Trinajstić information content (AvgIpc) is 2.92. The smallest absolute Gasteiger partial charge is 0.123 e. The predicted octanol–water partition coefficient (Wildman–Crippen LogP) is 2.25. The summed E-state index contributed by atoms with van der Waals surface area (Å²) in [4.78, 5) is 10.5. The number of carboxylic acids is 1. The van der Waals surface area contributed by atoms with E-state index in [1.54, 1.807) is 18.2 Å². The highest BCUT2D eigenvalue weighted by Gasteiger charge is 2.16. The Balaban J connectivity index is 1.98. The quantitative estimate of drug-likeness (QED) is 0.656. The monoisotopic (exact) mass is 382 g/mol. The third-order valence-corrected chi connectivity index (χ3v) is 4.68. The molecule has 0 aliphatic rings. The number of aliphatic carboxylic acids is 1. The number of carboxylic acid groups (broad SMARTS) is 1. The Morgan fingerprint density at radius 2 is 1.86 bits per heavy atom. The Morgan fingerprint density at radius 1 is 1.18 bits per heavy atom. The first-order valence-corrected chi connectivity index (χ1v) is 8.94. The van der Waals surface area contributed by atoms with Gasteiger partial charge in [-0.3, -0.25) is 0 Å². The number of aromatic nitrogens is 1. The lowest BCUT2D eigenvalue weighted by molar-refractivity contribution is -0.307. The zero-order valence-corrected chi connectivity index (χ0v) is 15.4. The number of aliphatic hydroxyl groups is 2. The van der Waals surface area contributed by atoms with Gasteiger partial charge in [0.05, 0.1) is 12.2 Å². The van der Waals surface area contributed by atoms with Gasteiger partial charge in [0.2, 0.25) is 0 Å². The van der Waals surface area contributed by atoms with Crippen LogP contribution in [-0.2, 0) is 11.8 Å². The van der Waals surface area contributed by atoms with E-state index in [9.17, 15) is 24.5 Å². The van der Waals surface area contributed by atoms with Crippen LogP contribution in [0.3, 0.4) is 0 Å². The van der Waals surface area contributed by atoms with Gasteiger partial charge >= 0.3 is 0 Å². The second-order valence-corrected chi connectivity index (χ2v) is 6.74. The van der Waals surface area contributed by atoms with Gasteiger partial charge in [0, 0.05) is 48.0 Å². The summed E-state index contributed by atoms with van der Waals surface area (Å²) in [6.45, 7) is 0. The van der Waals surface area contributed by atoms with Crippen LogP contribution in [-0.4, -0.2) is 33.0 Å². The maximum absolute atomic E-state index is 13.4.